The number of H-pyrrole nitrogens is 1. The van der Waals surface area contributed by atoms with Crippen LogP contribution < -0.4 is 16.0 Å². The molecule has 1 heterocycles. The van der Waals surface area contributed by atoms with Crippen LogP contribution in [0.1, 0.15) is 32.3 Å². The average molecular weight is 637 g/mol. The second-order valence-corrected chi connectivity index (χ2v) is 12.0. The fourth-order valence-corrected chi connectivity index (χ4v) is 6.10. The first kappa shape index (κ1) is 31.1. The predicted octanol–water partition coefficient (Wildman–Crippen LogP) is 8.36. The van der Waals surface area contributed by atoms with Crippen LogP contribution in [0.2, 0.25) is 0 Å². The average Bonchev–Trinajstić information content (AvgIpc) is 3.52. The van der Waals surface area contributed by atoms with E-state index in [2.05, 4.69) is 20.9 Å². The van der Waals surface area contributed by atoms with E-state index in [1.165, 1.54) is 11.8 Å². The molecule has 1 unspecified atom stereocenters. The number of aromatic amines is 1. The molecular formula is C39H32N4O3S. The first-order valence-corrected chi connectivity index (χ1v) is 16.0. The number of hydrogen-bond acceptors (Lipinski definition) is 4. The molecule has 7 nitrogen and oxygen atoms in total. The molecule has 0 bridgehead atoms. The molecule has 47 heavy (non-hydrogen) atoms. The fourth-order valence-electron chi connectivity index (χ4n) is 5.07. The lowest BCUT2D eigenvalue weighted by molar-refractivity contribution is -0.116. The van der Waals surface area contributed by atoms with Gasteiger partial charge in [-0.05, 0) is 72.7 Å². The van der Waals surface area contributed by atoms with Crippen molar-refractivity contribution in [3.05, 3.63) is 168 Å². The number of amides is 3. The summed E-state index contributed by atoms with van der Waals surface area (Å²) in [7, 11) is 0. The first-order valence-electron chi connectivity index (χ1n) is 15.1. The lowest BCUT2D eigenvalue weighted by atomic mass is 10.1. The van der Waals surface area contributed by atoms with Gasteiger partial charge in [0.1, 0.15) is 10.9 Å². The predicted molar refractivity (Wildman–Crippen MR) is 190 cm³/mol. The Morgan fingerprint density at radius 2 is 1.38 bits per heavy atom. The number of fused-ring (bicyclic) bond motifs is 1. The summed E-state index contributed by atoms with van der Waals surface area (Å²) in [6, 6.07) is 41.1. The summed E-state index contributed by atoms with van der Waals surface area (Å²) < 4.78 is 0. The van der Waals surface area contributed by atoms with Crippen molar-refractivity contribution >= 4 is 57.8 Å². The number of carbonyl (C=O) groups is 3. The van der Waals surface area contributed by atoms with E-state index in [0.29, 0.717) is 11.3 Å². The van der Waals surface area contributed by atoms with E-state index in [-0.39, 0.29) is 11.6 Å². The standard InChI is InChI=1S/C39H32N4O3S/c1-26-12-8-10-18-33(26)42-39(46)36(27-13-4-2-5-14-27)47-31-22-20-30(21-23-31)41-38(45)35(43-37(44)28-15-6-3-7-16-28)24-29-25-40-34-19-11-9-17-32(29)34/h2-25,36,40H,1H3,(H,41,45)(H,42,46)(H,43,44). The van der Waals surface area contributed by atoms with Gasteiger partial charge in [0.2, 0.25) is 5.91 Å². The number of para-hydroxylation sites is 2. The molecule has 0 aliphatic carbocycles. The van der Waals surface area contributed by atoms with Crippen LogP contribution in [0.15, 0.2) is 150 Å². The number of hydrogen-bond donors (Lipinski definition) is 4. The lowest BCUT2D eigenvalue weighted by Crippen LogP contribution is -2.30. The highest BCUT2D eigenvalue weighted by Gasteiger charge is 2.23. The smallest absolute Gasteiger partial charge is 0.272 e. The van der Waals surface area contributed by atoms with Gasteiger partial charge in [-0.15, -0.1) is 11.8 Å². The number of anilines is 2. The van der Waals surface area contributed by atoms with E-state index in [1.807, 2.05) is 104 Å². The van der Waals surface area contributed by atoms with E-state index in [1.54, 1.807) is 48.7 Å². The summed E-state index contributed by atoms with van der Waals surface area (Å²) in [6.07, 6.45) is 3.47. The van der Waals surface area contributed by atoms with Crippen molar-refractivity contribution in [1.29, 1.82) is 0 Å². The highest BCUT2D eigenvalue weighted by molar-refractivity contribution is 8.00. The minimum atomic E-state index is -0.504. The monoisotopic (exact) mass is 636 g/mol. The van der Waals surface area contributed by atoms with Gasteiger partial charge in [0.05, 0.1) is 0 Å². The van der Waals surface area contributed by atoms with Crippen LogP contribution in [-0.2, 0) is 9.59 Å². The molecule has 232 valence electrons. The number of aryl methyl sites for hydroxylation is 1. The molecule has 8 heteroatoms. The SMILES string of the molecule is Cc1ccccc1NC(=O)C(Sc1ccc(NC(=O)C(=Cc2c[nH]c3ccccc23)NC(=O)c2ccccc2)cc1)c1ccccc1. The lowest BCUT2D eigenvalue weighted by Gasteiger charge is -2.18. The zero-order valence-electron chi connectivity index (χ0n) is 25.6. The zero-order chi connectivity index (χ0) is 32.6. The highest BCUT2D eigenvalue weighted by Crippen LogP contribution is 2.37. The van der Waals surface area contributed by atoms with Crippen LogP contribution in [0, 0.1) is 6.92 Å². The van der Waals surface area contributed by atoms with Crippen LogP contribution in [0.5, 0.6) is 0 Å². The van der Waals surface area contributed by atoms with E-state index >= 15 is 0 Å². The summed E-state index contributed by atoms with van der Waals surface area (Å²) >= 11 is 1.42. The van der Waals surface area contributed by atoms with Gasteiger partial charge in [-0.1, -0.05) is 84.9 Å². The Kier molecular flexibility index (Phi) is 9.60. The molecule has 5 aromatic carbocycles. The number of carbonyl (C=O) groups excluding carboxylic acids is 3. The quantitative estimate of drug-likeness (QED) is 0.0896. The normalized spacial score (nSPS) is 11.9. The van der Waals surface area contributed by atoms with Crippen molar-refractivity contribution < 1.29 is 14.4 Å². The van der Waals surface area contributed by atoms with E-state index in [9.17, 15) is 14.4 Å². The van der Waals surface area contributed by atoms with Gasteiger partial charge in [-0.25, -0.2) is 0 Å². The Labute approximate surface area is 277 Å². The Morgan fingerprint density at radius 3 is 2.13 bits per heavy atom. The highest BCUT2D eigenvalue weighted by atomic mass is 32.2. The number of aromatic nitrogens is 1. The van der Waals surface area contributed by atoms with Crippen molar-refractivity contribution in [2.45, 2.75) is 17.1 Å². The van der Waals surface area contributed by atoms with Crippen LogP contribution in [-0.4, -0.2) is 22.7 Å². The second-order valence-electron chi connectivity index (χ2n) is 10.9. The third kappa shape index (κ3) is 7.69. The van der Waals surface area contributed by atoms with Crippen LogP contribution in [0.25, 0.3) is 17.0 Å². The summed E-state index contributed by atoms with van der Waals surface area (Å²) in [5.74, 6) is -0.997. The van der Waals surface area contributed by atoms with E-state index < -0.39 is 17.1 Å². The van der Waals surface area contributed by atoms with Crippen molar-refractivity contribution in [3.63, 3.8) is 0 Å². The van der Waals surface area contributed by atoms with E-state index in [4.69, 9.17) is 0 Å². The number of rotatable bonds is 10. The van der Waals surface area contributed by atoms with Crippen LogP contribution >= 0.6 is 11.8 Å². The van der Waals surface area contributed by atoms with Crippen molar-refractivity contribution in [2.24, 2.45) is 0 Å². The molecule has 3 amide bonds. The Bertz CT molecular complexity index is 2060. The molecule has 1 aromatic heterocycles. The summed E-state index contributed by atoms with van der Waals surface area (Å²) in [4.78, 5) is 44.3. The van der Waals surface area contributed by atoms with Crippen molar-refractivity contribution in [2.75, 3.05) is 10.6 Å². The Balaban J connectivity index is 1.21. The fraction of sp³-hybridized carbons (Fsp3) is 0.0513. The third-order valence-corrected chi connectivity index (χ3v) is 8.83. The van der Waals surface area contributed by atoms with Gasteiger partial charge >= 0.3 is 0 Å². The minimum Gasteiger partial charge on any atom is -0.361 e. The van der Waals surface area contributed by atoms with Gasteiger partial charge in [0, 0.05) is 44.5 Å². The molecule has 0 saturated carbocycles. The minimum absolute atomic E-state index is 0.0964. The van der Waals surface area contributed by atoms with Crippen molar-refractivity contribution in [1.82, 2.24) is 10.3 Å². The molecular weight excluding hydrogens is 605 g/mol. The molecule has 0 saturated heterocycles. The molecule has 0 radical (unpaired) electrons. The van der Waals surface area contributed by atoms with Gasteiger partial charge in [-0.2, -0.15) is 0 Å². The molecule has 1 atom stereocenters. The molecule has 0 spiro atoms. The van der Waals surface area contributed by atoms with Gasteiger partial charge < -0.3 is 20.9 Å². The Hall–Kier alpha value is -5.86. The van der Waals surface area contributed by atoms with Gasteiger partial charge in [0.15, 0.2) is 0 Å². The summed E-state index contributed by atoms with van der Waals surface area (Å²) in [5.41, 5.74) is 5.39. The zero-order valence-corrected chi connectivity index (χ0v) is 26.4. The summed E-state index contributed by atoms with van der Waals surface area (Å²) in [5, 5.41) is 9.20. The number of benzene rings is 5. The molecule has 0 aliphatic rings. The van der Waals surface area contributed by atoms with E-state index in [0.717, 1.165) is 38.2 Å². The molecule has 6 rings (SSSR count). The van der Waals surface area contributed by atoms with Crippen molar-refractivity contribution in [3.8, 4) is 0 Å². The maximum Gasteiger partial charge on any atom is 0.272 e. The first-order chi connectivity index (χ1) is 22.9. The Morgan fingerprint density at radius 1 is 0.723 bits per heavy atom. The molecule has 6 aromatic rings. The third-order valence-electron chi connectivity index (χ3n) is 7.56. The second kappa shape index (κ2) is 14.5. The van der Waals surface area contributed by atoms with Gasteiger partial charge in [0.25, 0.3) is 11.8 Å². The largest absolute Gasteiger partial charge is 0.361 e. The molecule has 0 fully saturated rings. The van der Waals surface area contributed by atoms with Crippen LogP contribution in [0.3, 0.4) is 0 Å². The van der Waals surface area contributed by atoms with Gasteiger partial charge in [-0.3, -0.25) is 14.4 Å². The maximum absolute atomic E-state index is 13.6. The number of thioether (sulfide) groups is 1. The number of nitrogens with one attached hydrogen (secondary N) is 4. The topological polar surface area (TPSA) is 103 Å². The molecule has 4 N–H and O–H groups in total. The van der Waals surface area contributed by atoms with Crippen LogP contribution in [0.4, 0.5) is 11.4 Å². The summed E-state index contributed by atoms with van der Waals surface area (Å²) in [6.45, 7) is 1.96. The molecule has 0 aliphatic heterocycles. The maximum atomic E-state index is 13.6.